The fraction of sp³-hybridized carbons (Fsp3) is 0.120. The van der Waals surface area contributed by atoms with Crippen LogP contribution < -0.4 is 4.89 Å². The topological polar surface area (TPSA) is 49.4 Å². The number of hydrogen-bond acceptors (Lipinski definition) is 3. The van der Waals surface area contributed by atoms with E-state index in [1.807, 2.05) is 42.5 Å². The van der Waals surface area contributed by atoms with Crippen LogP contribution in [0.2, 0.25) is 0 Å². The van der Waals surface area contributed by atoms with Crippen molar-refractivity contribution in [3.05, 3.63) is 120 Å². The highest BCUT2D eigenvalue weighted by Gasteiger charge is 2.05. The Bertz CT molecular complexity index is 989. The van der Waals surface area contributed by atoms with Gasteiger partial charge in [-0.3, -0.25) is 0 Å². The predicted octanol–water partition coefficient (Wildman–Crippen LogP) is 5.85. The Morgan fingerprint density at radius 2 is 1.17 bits per heavy atom. The predicted molar refractivity (Wildman–Crippen MR) is 117 cm³/mol. The molecular formula is C25H23O3P. The van der Waals surface area contributed by atoms with Gasteiger partial charge in [-0.15, -0.1) is 4.52 Å². The lowest BCUT2D eigenvalue weighted by molar-refractivity contribution is -0.186. The molecule has 0 radical (unpaired) electrons. The van der Waals surface area contributed by atoms with E-state index in [2.05, 4.69) is 65.2 Å². The van der Waals surface area contributed by atoms with Gasteiger partial charge in [-0.05, 0) is 44.9 Å². The van der Waals surface area contributed by atoms with Gasteiger partial charge in [-0.25, -0.2) is 0 Å². The molecule has 0 aromatic heterocycles. The molecular weight excluding hydrogens is 379 g/mol. The minimum absolute atomic E-state index is 0.0973. The van der Waals surface area contributed by atoms with Gasteiger partial charge in [0.25, 0.3) is 0 Å². The Hall–Kier alpha value is -2.84. The van der Waals surface area contributed by atoms with Crippen molar-refractivity contribution < 1.29 is 14.0 Å². The Balaban J connectivity index is 0.000000166. The van der Waals surface area contributed by atoms with E-state index >= 15 is 0 Å². The third kappa shape index (κ3) is 6.92. The largest absolute Gasteiger partial charge is 0.566 e. The van der Waals surface area contributed by atoms with Crippen LogP contribution in [-0.2, 0) is 28.5 Å². The monoisotopic (exact) mass is 402 g/mol. The third-order valence-electron chi connectivity index (χ3n) is 4.59. The smallest absolute Gasteiger partial charge is 0.488 e. The molecule has 4 heteroatoms. The first-order chi connectivity index (χ1) is 14.2. The summed E-state index contributed by atoms with van der Waals surface area (Å²) in [5, 5.41) is 2.11. The van der Waals surface area contributed by atoms with E-state index in [0.717, 1.165) is 29.2 Å². The van der Waals surface area contributed by atoms with Gasteiger partial charge in [0.05, 0.1) is 0 Å². The minimum Gasteiger partial charge on any atom is -0.566 e. The van der Waals surface area contributed by atoms with Crippen LogP contribution in [0.3, 0.4) is 0 Å². The number of hydrogen-bond donors (Lipinski definition) is 0. The van der Waals surface area contributed by atoms with Gasteiger partial charge in [0, 0.05) is 0 Å². The first kappa shape index (κ1) is 20.9. The molecule has 4 aromatic rings. The van der Waals surface area contributed by atoms with E-state index < -0.39 is 8.25 Å². The van der Waals surface area contributed by atoms with Gasteiger partial charge in [0.2, 0.25) is 0 Å². The summed E-state index contributed by atoms with van der Waals surface area (Å²) in [6.45, 7) is 0.0973. The van der Waals surface area contributed by atoms with Crippen LogP contribution >= 0.6 is 8.25 Å². The average Bonchev–Trinajstić information content (AvgIpc) is 2.78. The third-order valence-corrected chi connectivity index (χ3v) is 4.93. The molecule has 1 atom stereocenters. The lowest BCUT2D eigenvalue weighted by Gasteiger charge is -2.02. The Morgan fingerprint density at radius 1 is 0.655 bits per heavy atom. The van der Waals surface area contributed by atoms with Gasteiger partial charge in [-0.1, -0.05) is 103 Å². The van der Waals surface area contributed by atoms with Gasteiger partial charge >= 0.3 is 8.25 Å². The van der Waals surface area contributed by atoms with Crippen LogP contribution in [0.15, 0.2) is 103 Å². The standard InChI is InChI=1S/C14H14.C11H9O3P/c1-3-7-13(8-4-1)11-12-14-9-5-2-6-10-14;12-15(13)14-8-10-6-3-5-9-4-1-2-7-11(9)10/h1-10H,11-12H2;1-7H,8H2. The van der Waals surface area contributed by atoms with Crippen molar-refractivity contribution in [2.75, 3.05) is 0 Å². The molecule has 0 aliphatic rings. The SMILES string of the molecule is O=[P+]([O-])OCc1cccc2ccccc12.c1ccc(CCc2ccccc2)cc1. The van der Waals surface area contributed by atoms with Crippen molar-refractivity contribution in [1.82, 2.24) is 0 Å². The quantitative estimate of drug-likeness (QED) is 0.380. The molecule has 4 rings (SSSR count). The number of aryl methyl sites for hydroxylation is 2. The highest BCUT2D eigenvalue weighted by atomic mass is 31.1. The lowest BCUT2D eigenvalue weighted by Crippen LogP contribution is -1.93. The number of fused-ring (bicyclic) bond motifs is 1. The van der Waals surface area contributed by atoms with E-state index in [-0.39, 0.29) is 6.61 Å². The van der Waals surface area contributed by atoms with Crippen LogP contribution in [0, 0.1) is 0 Å². The Morgan fingerprint density at radius 3 is 1.76 bits per heavy atom. The maximum absolute atomic E-state index is 10.3. The zero-order valence-corrected chi connectivity index (χ0v) is 17.0. The fourth-order valence-corrected chi connectivity index (χ4v) is 3.36. The van der Waals surface area contributed by atoms with Crippen molar-refractivity contribution in [2.45, 2.75) is 19.4 Å². The summed E-state index contributed by atoms with van der Waals surface area (Å²) >= 11 is 0. The molecule has 1 unspecified atom stereocenters. The van der Waals surface area contributed by atoms with Gasteiger partial charge in [-0.2, -0.15) is 0 Å². The molecule has 0 amide bonds. The molecule has 29 heavy (non-hydrogen) atoms. The second-order valence-electron chi connectivity index (χ2n) is 6.61. The van der Waals surface area contributed by atoms with Crippen molar-refractivity contribution in [3.63, 3.8) is 0 Å². The first-order valence-corrected chi connectivity index (χ1v) is 10.6. The highest BCUT2D eigenvalue weighted by molar-refractivity contribution is 7.30. The molecule has 0 saturated heterocycles. The molecule has 0 heterocycles. The van der Waals surface area contributed by atoms with Gasteiger partial charge in [0.15, 0.2) is 0 Å². The van der Waals surface area contributed by atoms with Crippen LogP contribution in [0.1, 0.15) is 16.7 Å². The molecule has 3 nitrogen and oxygen atoms in total. The molecule has 0 spiro atoms. The van der Waals surface area contributed by atoms with Crippen LogP contribution in [0.25, 0.3) is 10.8 Å². The molecule has 146 valence electrons. The molecule has 0 fully saturated rings. The maximum Gasteiger partial charge on any atom is 0.488 e. The second kappa shape index (κ2) is 11.2. The zero-order chi connectivity index (χ0) is 20.3. The summed E-state index contributed by atoms with van der Waals surface area (Å²) < 4.78 is 14.9. The summed E-state index contributed by atoms with van der Waals surface area (Å²) in [7, 11) is -2.78. The molecule has 0 aliphatic heterocycles. The van der Waals surface area contributed by atoms with Crippen LogP contribution in [0.5, 0.6) is 0 Å². The molecule has 4 aromatic carbocycles. The summed E-state index contributed by atoms with van der Waals surface area (Å²) in [4.78, 5) is 10.3. The van der Waals surface area contributed by atoms with E-state index in [1.54, 1.807) is 0 Å². The van der Waals surface area contributed by atoms with E-state index in [9.17, 15) is 9.46 Å². The zero-order valence-electron chi connectivity index (χ0n) is 16.1. The van der Waals surface area contributed by atoms with Crippen molar-refractivity contribution in [3.8, 4) is 0 Å². The highest BCUT2D eigenvalue weighted by Crippen LogP contribution is 2.22. The number of benzene rings is 4. The maximum atomic E-state index is 10.3. The summed E-state index contributed by atoms with van der Waals surface area (Å²) in [6, 6.07) is 34.8. The Kier molecular flexibility index (Phi) is 8.09. The number of rotatable bonds is 6. The van der Waals surface area contributed by atoms with Gasteiger partial charge < -0.3 is 4.89 Å². The lowest BCUT2D eigenvalue weighted by atomic mass is 10.0. The normalized spacial score (nSPS) is 10.9. The molecule has 0 N–H and O–H groups in total. The Labute approximate surface area is 172 Å². The fourth-order valence-electron chi connectivity index (χ4n) is 3.12. The molecule has 0 bridgehead atoms. The summed E-state index contributed by atoms with van der Waals surface area (Å²) in [5.74, 6) is 0. The van der Waals surface area contributed by atoms with Crippen LogP contribution in [-0.4, -0.2) is 0 Å². The van der Waals surface area contributed by atoms with E-state index in [4.69, 9.17) is 0 Å². The van der Waals surface area contributed by atoms with Crippen molar-refractivity contribution in [2.24, 2.45) is 0 Å². The molecule has 0 aliphatic carbocycles. The second-order valence-corrected chi connectivity index (χ2v) is 7.31. The minimum atomic E-state index is -2.78. The van der Waals surface area contributed by atoms with Crippen molar-refractivity contribution in [1.29, 1.82) is 0 Å². The first-order valence-electron chi connectivity index (χ1n) is 9.54. The van der Waals surface area contributed by atoms with Crippen LogP contribution in [0.4, 0.5) is 0 Å². The van der Waals surface area contributed by atoms with E-state index in [0.29, 0.717) is 0 Å². The molecule has 0 saturated carbocycles. The van der Waals surface area contributed by atoms with E-state index in [1.165, 1.54) is 11.1 Å². The van der Waals surface area contributed by atoms with Gasteiger partial charge in [0.1, 0.15) is 6.61 Å². The average molecular weight is 402 g/mol. The summed E-state index contributed by atoms with van der Waals surface area (Å²) in [6.07, 6.45) is 2.26. The van der Waals surface area contributed by atoms with Crippen molar-refractivity contribution >= 4 is 19.0 Å². The summed E-state index contributed by atoms with van der Waals surface area (Å²) in [5.41, 5.74) is 3.71.